The van der Waals surface area contributed by atoms with Gasteiger partial charge in [-0.3, -0.25) is 4.79 Å². The van der Waals surface area contributed by atoms with Crippen LogP contribution in [0.15, 0.2) is 54.6 Å². The van der Waals surface area contributed by atoms with Crippen LogP contribution in [0.25, 0.3) is 0 Å². The van der Waals surface area contributed by atoms with Gasteiger partial charge >= 0.3 is 5.97 Å². The highest BCUT2D eigenvalue weighted by Gasteiger charge is 2.41. The predicted octanol–water partition coefficient (Wildman–Crippen LogP) is 6.25. The van der Waals surface area contributed by atoms with Crippen molar-refractivity contribution in [2.75, 3.05) is 0 Å². The topological polar surface area (TPSA) is 43.4 Å². The average molecular weight is 407 g/mol. The van der Waals surface area contributed by atoms with Crippen molar-refractivity contribution in [3.8, 4) is 0 Å². The number of benzene rings is 2. The van der Waals surface area contributed by atoms with Gasteiger partial charge in [-0.2, -0.15) is 0 Å². The molecule has 0 amide bonds. The maximum Gasteiger partial charge on any atom is 0.379 e. The molecule has 30 heavy (non-hydrogen) atoms. The number of carbonyl (C=O) groups is 2. The van der Waals surface area contributed by atoms with Crippen molar-refractivity contribution in [3.63, 3.8) is 0 Å². The molecule has 160 valence electrons. The molecule has 0 radical (unpaired) electrons. The van der Waals surface area contributed by atoms with Crippen molar-refractivity contribution in [2.45, 2.75) is 77.2 Å². The lowest BCUT2D eigenvalue weighted by atomic mass is 9.66. The molecule has 1 aliphatic rings. The van der Waals surface area contributed by atoms with Crippen LogP contribution >= 0.6 is 0 Å². The summed E-state index contributed by atoms with van der Waals surface area (Å²) in [4.78, 5) is 25.1. The smallest absolute Gasteiger partial charge is 0.379 e. The second-order valence-electron chi connectivity index (χ2n) is 10.1. The Morgan fingerprint density at radius 3 is 1.97 bits per heavy atom. The van der Waals surface area contributed by atoms with E-state index in [0.717, 1.165) is 25.7 Å². The largest absolute Gasteiger partial charge is 0.456 e. The van der Waals surface area contributed by atoms with Gasteiger partial charge < -0.3 is 4.74 Å². The van der Waals surface area contributed by atoms with E-state index < -0.39 is 11.8 Å². The third kappa shape index (κ3) is 4.83. The van der Waals surface area contributed by atoms with Gasteiger partial charge in [0.2, 0.25) is 0 Å². The Bertz CT molecular complexity index is 873. The third-order valence-electron chi connectivity index (χ3n) is 6.60. The number of carbonyl (C=O) groups excluding carboxylic acids is 2. The minimum Gasteiger partial charge on any atom is -0.456 e. The van der Waals surface area contributed by atoms with E-state index in [0.29, 0.717) is 5.56 Å². The fourth-order valence-corrected chi connectivity index (χ4v) is 4.58. The number of rotatable bonds is 5. The van der Waals surface area contributed by atoms with Gasteiger partial charge in [0.25, 0.3) is 5.78 Å². The van der Waals surface area contributed by atoms with E-state index in [9.17, 15) is 9.59 Å². The zero-order valence-corrected chi connectivity index (χ0v) is 18.9. The minimum atomic E-state index is -0.739. The molecule has 1 saturated carbocycles. The lowest BCUT2D eigenvalue weighted by Gasteiger charge is -2.42. The van der Waals surface area contributed by atoms with Crippen molar-refractivity contribution in [1.82, 2.24) is 0 Å². The first-order valence-electron chi connectivity index (χ1n) is 11.0. The number of Topliss-reactive ketones (excluding diaryl/α,β-unsaturated/α-hetero) is 1. The van der Waals surface area contributed by atoms with Gasteiger partial charge in [-0.05, 0) is 41.2 Å². The number of hydrogen-bond acceptors (Lipinski definition) is 3. The summed E-state index contributed by atoms with van der Waals surface area (Å²) in [5.41, 5.74) is 2.90. The quantitative estimate of drug-likeness (QED) is 0.335. The van der Waals surface area contributed by atoms with Crippen LogP contribution < -0.4 is 0 Å². The first-order chi connectivity index (χ1) is 14.1. The molecule has 1 aliphatic carbocycles. The van der Waals surface area contributed by atoms with E-state index in [1.807, 2.05) is 6.07 Å². The molecular weight excluding hydrogens is 372 g/mol. The molecular formula is C27H34O3. The fourth-order valence-electron chi connectivity index (χ4n) is 4.58. The molecule has 0 spiro atoms. The van der Waals surface area contributed by atoms with E-state index in [2.05, 4.69) is 58.9 Å². The van der Waals surface area contributed by atoms with E-state index in [1.165, 1.54) is 11.1 Å². The van der Waals surface area contributed by atoms with Crippen LogP contribution in [0.4, 0.5) is 0 Å². The number of esters is 1. The van der Waals surface area contributed by atoms with Crippen LogP contribution in [-0.4, -0.2) is 17.9 Å². The van der Waals surface area contributed by atoms with Crippen LogP contribution in [0.3, 0.4) is 0 Å². The predicted molar refractivity (Wildman–Crippen MR) is 121 cm³/mol. The van der Waals surface area contributed by atoms with Crippen LogP contribution in [0, 0.1) is 5.92 Å². The Balaban J connectivity index is 1.78. The molecule has 3 nitrogen and oxygen atoms in total. The summed E-state index contributed by atoms with van der Waals surface area (Å²) in [6.45, 7) is 11.1. The number of ketones is 1. The first kappa shape index (κ1) is 22.3. The van der Waals surface area contributed by atoms with Crippen molar-refractivity contribution < 1.29 is 14.3 Å². The SMILES string of the molecule is CC(C)(C)c1ccc(C(C)(C)[C@@H]2CCCC[C@H]2OC(=O)C(=O)c2ccccc2)cc1. The molecule has 3 rings (SSSR count). The highest BCUT2D eigenvalue weighted by molar-refractivity contribution is 6.40. The van der Waals surface area contributed by atoms with Gasteiger partial charge in [-0.15, -0.1) is 0 Å². The third-order valence-corrected chi connectivity index (χ3v) is 6.60. The highest BCUT2D eigenvalue weighted by atomic mass is 16.5. The summed E-state index contributed by atoms with van der Waals surface area (Å²) in [6, 6.07) is 17.5. The monoisotopic (exact) mass is 406 g/mol. The number of ether oxygens (including phenoxy) is 1. The van der Waals surface area contributed by atoms with Crippen molar-refractivity contribution >= 4 is 11.8 Å². The lowest BCUT2D eigenvalue weighted by molar-refractivity contribution is -0.149. The summed E-state index contributed by atoms with van der Waals surface area (Å²) < 4.78 is 5.82. The molecule has 2 atom stereocenters. The minimum absolute atomic E-state index is 0.114. The molecule has 0 aliphatic heterocycles. The van der Waals surface area contributed by atoms with E-state index in [1.54, 1.807) is 24.3 Å². The maximum atomic E-state index is 12.6. The Hall–Kier alpha value is -2.42. The van der Waals surface area contributed by atoms with Crippen LogP contribution in [-0.2, 0) is 20.4 Å². The molecule has 3 heteroatoms. The zero-order valence-electron chi connectivity index (χ0n) is 18.9. The van der Waals surface area contributed by atoms with Crippen LogP contribution in [0.1, 0.15) is 81.8 Å². The molecule has 0 saturated heterocycles. The molecule has 1 fully saturated rings. The van der Waals surface area contributed by atoms with Crippen molar-refractivity contribution in [3.05, 3.63) is 71.3 Å². The summed E-state index contributed by atoms with van der Waals surface area (Å²) in [7, 11) is 0. The standard InChI is InChI=1S/C27H34O3/c1-26(2,3)20-15-17-21(18-16-20)27(4,5)22-13-9-10-14-23(22)30-25(29)24(28)19-11-7-6-8-12-19/h6-8,11-12,15-18,22-23H,9-10,13-14H2,1-5H3/t22-,23-/m1/s1. The first-order valence-corrected chi connectivity index (χ1v) is 11.0. The van der Waals surface area contributed by atoms with Gasteiger partial charge in [-0.1, -0.05) is 95.6 Å². The molecule has 0 heterocycles. The van der Waals surface area contributed by atoms with Crippen LogP contribution in [0.5, 0.6) is 0 Å². The second-order valence-corrected chi connectivity index (χ2v) is 10.1. The highest BCUT2D eigenvalue weighted by Crippen LogP contribution is 2.42. The Morgan fingerprint density at radius 2 is 1.37 bits per heavy atom. The Kier molecular flexibility index (Phi) is 6.50. The van der Waals surface area contributed by atoms with Gasteiger partial charge in [0, 0.05) is 11.5 Å². The molecule has 0 bridgehead atoms. The summed E-state index contributed by atoms with van der Waals surface area (Å²) in [6.07, 6.45) is 3.70. The Labute approximate surface area is 180 Å². The van der Waals surface area contributed by atoms with Crippen molar-refractivity contribution in [1.29, 1.82) is 0 Å². The molecule has 2 aromatic rings. The number of hydrogen-bond donors (Lipinski definition) is 0. The zero-order chi connectivity index (χ0) is 21.9. The summed E-state index contributed by atoms with van der Waals surface area (Å²) in [5, 5.41) is 0. The van der Waals surface area contributed by atoms with E-state index >= 15 is 0 Å². The van der Waals surface area contributed by atoms with E-state index in [-0.39, 0.29) is 22.9 Å². The van der Waals surface area contributed by atoms with Crippen molar-refractivity contribution in [2.24, 2.45) is 5.92 Å². The maximum absolute atomic E-state index is 12.6. The van der Waals surface area contributed by atoms with Gasteiger partial charge in [0.15, 0.2) is 0 Å². The van der Waals surface area contributed by atoms with E-state index in [4.69, 9.17) is 4.74 Å². The van der Waals surface area contributed by atoms with Gasteiger partial charge in [0.1, 0.15) is 6.10 Å². The van der Waals surface area contributed by atoms with Gasteiger partial charge in [0.05, 0.1) is 0 Å². The summed E-state index contributed by atoms with van der Waals surface area (Å²) >= 11 is 0. The molecule has 0 aromatic heterocycles. The fraction of sp³-hybridized carbons (Fsp3) is 0.481. The molecule has 0 N–H and O–H groups in total. The molecule has 2 aromatic carbocycles. The summed E-state index contributed by atoms with van der Waals surface area (Å²) in [5.74, 6) is -1.12. The van der Waals surface area contributed by atoms with Crippen LogP contribution in [0.2, 0.25) is 0 Å². The second kappa shape index (κ2) is 8.75. The van der Waals surface area contributed by atoms with Gasteiger partial charge in [-0.25, -0.2) is 4.79 Å². The average Bonchev–Trinajstić information content (AvgIpc) is 2.73. The Morgan fingerprint density at radius 1 is 0.800 bits per heavy atom. The molecule has 0 unspecified atom stereocenters. The normalized spacial score (nSPS) is 19.9. The lowest BCUT2D eigenvalue weighted by Crippen LogP contribution is -2.42.